The van der Waals surface area contributed by atoms with E-state index in [1.807, 2.05) is 36.4 Å². The van der Waals surface area contributed by atoms with E-state index in [2.05, 4.69) is 5.32 Å². The Bertz CT molecular complexity index is 929. The maximum atomic E-state index is 13.7. The SMILES string of the molecule is COc1ccc(C(C(=O)NC2CCCCCC2)N(CCc2ccccc2)C(=O)CCl)cc1OC. The molecule has 1 unspecified atom stereocenters. The number of alkyl halides is 1. The van der Waals surface area contributed by atoms with Crippen LogP contribution in [-0.2, 0) is 16.0 Å². The molecule has 0 saturated heterocycles. The van der Waals surface area contributed by atoms with E-state index in [0.717, 1.165) is 31.2 Å². The number of carbonyl (C=O) groups is 2. The largest absolute Gasteiger partial charge is 0.493 e. The van der Waals surface area contributed by atoms with Crippen LogP contribution >= 0.6 is 11.6 Å². The van der Waals surface area contributed by atoms with Crippen molar-refractivity contribution in [1.82, 2.24) is 10.2 Å². The summed E-state index contributed by atoms with van der Waals surface area (Å²) in [5, 5.41) is 3.23. The van der Waals surface area contributed by atoms with Crippen molar-refractivity contribution in [2.75, 3.05) is 26.6 Å². The number of hydrogen-bond donors (Lipinski definition) is 1. The summed E-state index contributed by atoms with van der Waals surface area (Å²) >= 11 is 6.02. The van der Waals surface area contributed by atoms with E-state index in [1.165, 1.54) is 12.8 Å². The molecular weight excluding hydrogens is 452 g/mol. The van der Waals surface area contributed by atoms with Gasteiger partial charge in [0.05, 0.1) is 14.2 Å². The number of amides is 2. The van der Waals surface area contributed by atoms with Crippen molar-refractivity contribution < 1.29 is 19.1 Å². The minimum Gasteiger partial charge on any atom is -0.493 e. The lowest BCUT2D eigenvalue weighted by Gasteiger charge is -2.32. The summed E-state index contributed by atoms with van der Waals surface area (Å²) in [5.41, 5.74) is 1.75. The van der Waals surface area contributed by atoms with Gasteiger partial charge in [0.15, 0.2) is 11.5 Å². The van der Waals surface area contributed by atoms with E-state index in [9.17, 15) is 9.59 Å². The Hall–Kier alpha value is -2.73. The summed E-state index contributed by atoms with van der Waals surface area (Å²) in [6.07, 6.45) is 7.12. The van der Waals surface area contributed by atoms with Crippen LogP contribution in [0.15, 0.2) is 48.5 Å². The number of ether oxygens (including phenoxy) is 2. The van der Waals surface area contributed by atoms with Gasteiger partial charge in [-0.15, -0.1) is 11.6 Å². The summed E-state index contributed by atoms with van der Waals surface area (Å²) in [7, 11) is 3.12. The third-order valence-corrected chi connectivity index (χ3v) is 6.63. The molecule has 0 aromatic heterocycles. The average molecular weight is 487 g/mol. The number of nitrogens with zero attached hydrogens (tertiary/aromatic N) is 1. The van der Waals surface area contributed by atoms with Crippen LogP contribution in [0.1, 0.15) is 55.7 Å². The molecule has 184 valence electrons. The van der Waals surface area contributed by atoms with Crippen LogP contribution in [-0.4, -0.2) is 49.4 Å². The normalized spacial score (nSPS) is 15.1. The molecule has 1 atom stereocenters. The number of carbonyl (C=O) groups excluding carboxylic acids is 2. The molecule has 1 fully saturated rings. The fraction of sp³-hybridized carbons (Fsp3) is 0.481. The molecule has 3 rings (SSSR count). The van der Waals surface area contributed by atoms with Gasteiger partial charge in [-0.05, 0) is 42.5 Å². The summed E-state index contributed by atoms with van der Waals surface area (Å²) in [6, 6.07) is 14.6. The minimum atomic E-state index is -0.821. The van der Waals surface area contributed by atoms with Crippen molar-refractivity contribution >= 4 is 23.4 Å². The molecule has 1 N–H and O–H groups in total. The molecule has 0 spiro atoms. The maximum Gasteiger partial charge on any atom is 0.247 e. The molecule has 34 heavy (non-hydrogen) atoms. The molecule has 1 aliphatic carbocycles. The number of nitrogens with one attached hydrogen (secondary N) is 1. The first-order chi connectivity index (χ1) is 16.6. The zero-order valence-electron chi connectivity index (χ0n) is 20.1. The molecular formula is C27H35ClN2O4. The second kappa shape index (κ2) is 13.2. The monoisotopic (exact) mass is 486 g/mol. The van der Waals surface area contributed by atoms with Crippen LogP contribution < -0.4 is 14.8 Å². The highest BCUT2D eigenvalue weighted by Crippen LogP contribution is 2.33. The predicted molar refractivity (Wildman–Crippen MR) is 134 cm³/mol. The highest BCUT2D eigenvalue weighted by atomic mass is 35.5. The Morgan fingerprint density at radius 3 is 2.29 bits per heavy atom. The fourth-order valence-electron chi connectivity index (χ4n) is 4.57. The lowest BCUT2D eigenvalue weighted by molar-refractivity contribution is -0.139. The Morgan fingerprint density at radius 1 is 1.00 bits per heavy atom. The van der Waals surface area contributed by atoms with Crippen molar-refractivity contribution in [3.63, 3.8) is 0 Å². The quantitative estimate of drug-likeness (QED) is 0.383. The molecule has 7 heteroatoms. The van der Waals surface area contributed by atoms with E-state index >= 15 is 0 Å². The van der Waals surface area contributed by atoms with Gasteiger partial charge in [-0.3, -0.25) is 9.59 Å². The maximum absolute atomic E-state index is 13.7. The van der Waals surface area contributed by atoms with Crippen molar-refractivity contribution in [3.05, 3.63) is 59.7 Å². The summed E-state index contributed by atoms with van der Waals surface area (Å²) in [5.74, 6) is 0.399. The van der Waals surface area contributed by atoms with Crippen molar-refractivity contribution in [1.29, 1.82) is 0 Å². The smallest absolute Gasteiger partial charge is 0.247 e. The van der Waals surface area contributed by atoms with Crippen molar-refractivity contribution in [3.8, 4) is 11.5 Å². The molecule has 0 bridgehead atoms. The van der Waals surface area contributed by atoms with Crippen LogP contribution in [0, 0.1) is 0 Å². The first-order valence-corrected chi connectivity index (χ1v) is 12.5. The second-order valence-corrected chi connectivity index (χ2v) is 8.94. The summed E-state index contributed by atoms with van der Waals surface area (Å²) < 4.78 is 10.9. The number of benzene rings is 2. The van der Waals surface area contributed by atoms with Gasteiger partial charge in [-0.2, -0.15) is 0 Å². The Labute approximate surface area is 207 Å². The predicted octanol–water partition coefficient (Wildman–Crippen LogP) is 4.89. The zero-order valence-corrected chi connectivity index (χ0v) is 20.9. The van der Waals surface area contributed by atoms with Crippen LogP contribution in [0.4, 0.5) is 0 Å². The third kappa shape index (κ3) is 6.89. The van der Waals surface area contributed by atoms with E-state index in [0.29, 0.717) is 30.0 Å². The topological polar surface area (TPSA) is 67.9 Å². The third-order valence-electron chi connectivity index (χ3n) is 6.40. The molecule has 0 radical (unpaired) electrons. The average Bonchev–Trinajstić information content (AvgIpc) is 3.14. The molecule has 6 nitrogen and oxygen atoms in total. The van der Waals surface area contributed by atoms with Gasteiger partial charge in [0.25, 0.3) is 0 Å². The number of rotatable bonds is 10. The van der Waals surface area contributed by atoms with Gasteiger partial charge in [-0.1, -0.05) is 62.1 Å². The Balaban J connectivity index is 1.94. The Kier molecular flexibility index (Phi) is 10.1. The van der Waals surface area contributed by atoms with Crippen LogP contribution in [0.2, 0.25) is 0 Å². The molecule has 1 saturated carbocycles. The molecule has 2 aromatic carbocycles. The molecule has 2 aromatic rings. The van der Waals surface area contributed by atoms with Gasteiger partial charge in [-0.25, -0.2) is 0 Å². The first kappa shape index (κ1) is 25.9. The Morgan fingerprint density at radius 2 is 1.68 bits per heavy atom. The van der Waals surface area contributed by atoms with Crippen LogP contribution in [0.25, 0.3) is 0 Å². The number of halogens is 1. The highest BCUT2D eigenvalue weighted by Gasteiger charge is 2.33. The van der Waals surface area contributed by atoms with Crippen molar-refractivity contribution in [2.24, 2.45) is 0 Å². The van der Waals surface area contributed by atoms with E-state index in [1.54, 1.807) is 31.3 Å². The molecule has 0 heterocycles. The van der Waals surface area contributed by atoms with E-state index < -0.39 is 6.04 Å². The molecule has 1 aliphatic rings. The van der Waals surface area contributed by atoms with Gasteiger partial charge in [0, 0.05) is 12.6 Å². The zero-order chi connectivity index (χ0) is 24.3. The van der Waals surface area contributed by atoms with E-state index in [4.69, 9.17) is 21.1 Å². The first-order valence-electron chi connectivity index (χ1n) is 12.0. The number of methoxy groups -OCH3 is 2. The lowest BCUT2D eigenvalue weighted by atomic mass is 10.0. The fourth-order valence-corrected chi connectivity index (χ4v) is 4.72. The molecule has 2 amide bonds. The van der Waals surface area contributed by atoms with Gasteiger partial charge in [0.1, 0.15) is 11.9 Å². The molecule has 0 aliphatic heterocycles. The summed E-state index contributed by atoms with van der Waals surface area (Å²) in [6.45, 7) is 0.368. The minimum absolute atomic E-state index is 0.111. The lowest BCUT2D eigenvalue weighted by Crippen LogP contribution is -2.47. The second-order valence-electron chi connectivity index (χ2n) is 8.67. The number of hydrogen-bond acceptors (Lipinski definition) is 4. The standard InChI is InChI=1S/C27H35ClN2O4/c1-33-23-15-14-21(18-24(23)34-2)26(27(32)29-22-12-8-3-4-9-13-22)30(25(31)19-28)17-16-20-10-6-5-7-11-20/h5-7,10-11,14-15,18,22,26H,3-4,8-9,12-13,16-17,19H2,1-2H3,(H,29,32). The van der Waals surface area contributed by atoms with Gasteiger partial charge < -0.3 is 19.7 Å². The van der Waals surface area contributed by atoms with E-state index in [-0.39, 0.29) is 23.7 Å². The highest BCUT2D eigenvalue weighted by molar-refractivity contribution is 6.27. The van der Waals surface area contributed by atoms with Gasteiger partial charge in [0.2, 0.25) is 11.8 Å². The van der Waals surface area contributed by atoms with Crippen LogP contribution in [0.3, 0.4) is 0 Å². The van der Waals surface area contributed by atoms with Crippen molar-refractivity contribution in [2.45, 2.75) is 57.0 Å². The van der Waals surface area contributed by atoms with Crippen LogP contribution in [0.5, 0.6) is 11.5 Å². The summed E-state index contributed by atoms with van der Waals surface area (Å²) in [4.78, 5) is 28.4. The van der Waals surface area contributed by atoms with Gasteiger partial charge >= 0.3 is 0 Å².